The second-order valence-electron chi connectivity index (χ2n) is 5.67. The summed E-state index contributed by atoms with van der Waals surface area (Å²) in [6, 6.07) is 9.38. The smallest absolute Gasteiger partial charge is 0.274 e. The molecule has 1 fully saturated rings. The SMILES string of the molecule is O=C(c1ccn(COc2ccc(Br)cc2)n1)N1CCCCCC1. The summed E-state index contributed by atoms with van der Waals surface area (Å²) >= 11 is 3.39. The van der Waals surface area contributed by atoms with Gasteiger partial charge in [0.15, 0.2) is 12.4 Å². The summed E-state index contributed by atoms with van der Waals surface area (Å²) in [7, 11) is 0. The molecule has 0 spiro atoms. The highest BCUT2D eigenvalue weighted by Crippen LogP contribution is 2.16. The summed E-state index contributed by atoms with van der Waals surface area (Å²) in [6.45, 7) is 1.96. The fourth-order valence-corrected chi connectivity index (χ4v) is 2.92. The third-order valence-corrected chi connectivity index (χ3v) is 4.46. The number of nitrogens with zero attached hydrogens (tertiary/aromatic N) is 3. The largest absolute Gasteiger partial charge is 0.471 e. The van der Waals surface area contributed by atoms with Crippen molar-refractivity contribution < 1.29 is 9.53 Å². The van der Waals surface area contributed by atoms with Crippen molar-refractivity contribution >= 4 is 21.8 Å². The minimum Gasteiger partial charge on any atom is -0.471 e. The molecule has 1 aromatic carbocycles. The molecule has 3 rings (SSSR count). The summed E-state index contributed by atoms with van der Waals surface area (Å²) in [4.78, 5) is 14.4. The molecule has 2 aromatic rings. The summed E-state index contributed by atoms with van der Waals surface area (Å²) < 4.78 is 8.31. The molecular formula is C17H20BrN3O2. The number of benzene rings is 1. The number of ether oxygens (including phenoxy) is 1. The lowest BCUT2D eigenvalue weighted by molar-refractivity contribution is 0.0753. The lowest BCUT2D eigenvalue weighted by Gasteiger charge is -2.18. The Morgan fingerprint density at radius 3 is 2.48 bits per heavy atom. The molecule has 0 saturated carbocycles. The summed E-state index contributed by atoms with van der Waals surface area (Å²) in [6.07, 6.45) is 6.36. The van der Waals surface area contributed by atoms with Crippen molar-refractivity contribution in [3.63, 3.8) is 0 Å². The van der Waals surface area contributed by atoms with E-state index in [1.54, 1.807) is 16.9 Å². The molecule has 1 amide bonds. The number of hydrogen-bond donors (Lipinski definition) is 0. The van der Waals surface area contributed by atoms with E-state index >= 15 is 0 Å². The van der Waals surface area contributed by atoms with Gasteiger partial charge in [-0.1, -0.05) is 28.8 Å². The fourth-order valence-electron chi connectivity index (χ4n) is 2.65. The van der Waals surface area contributed by atoms with Crippen LogP contribution in [0.2, 0.25) is 0 Å². The van der Waals surface area contributed by atoms with E-state index in [2.05, 4.69) is 21.0 Å². The average Bonchev–Trinajstić information content (AvgIpc) is 2.87. The minimum atomic E-state index is 0.0225. The van der Waals surface area contributed by atoms with Crippen molar-refractivity contribution in [3.8, 4) is 5.75 Å². The van der Waals surface area contributed by atoms with Gasteiger partial charge in [-0.15, -0.1) is 0 Å². The maximum Gasteiger partial charge on any atom is 0.274 e. The topological polar surface area (TPSA) is 47.4 Å². The second kappa shape index (κ2) is 7.64. The second-order valence-corrected chi connectivity index (χ2v) is 6.59. The van der Waals surface area contributed by atoms with Crippen LogP contribution in [0.25, 0.3) is 0 Å². The van der Waals surface area contributed by atoms with Crippen molar-refractivity contribution in [2.75, 3.05) is 13.1 Å². The van der Waals surface area contributed by atoms with Crippen LogP contribution in [0.5, 0.6) is 5.75 Å². The Morgan fingerprint density at radius 1 is 1.09 bits per heavy atom. The maximum absolute atomic E-state index is 12.5. The quantitative estimate of drug-likeness (QED) is 0.815. The van der Waals surface area contributed by atoms with E-state index in [-0.39, 0.29) is 12.6 Å². The first kappa shape index (κ1) is 16.1. The first-order valence-electron chi connectivity index (χ1n) is 7.93. The number of halogens is 1. The van der Waals surface area contributed by atoms with Gasteiger partial charge in [0.2, 0.25) is 0 Å². The molecule has 2 heterocycles. The van der Waals surface area contributed by atoms with Gasteiger partial charge in [-0.3, -0.25) is 4.79 Å². The fraction of sp³-hybridized carbons (Fsp3) is 0.412. The van der Waals surface area contributed by atoms with Crippen LogP contribution < -0.4 is 4.74 Å². The van der Waals surface area contributed by atoms with Gasteiger partial charge in [0, 0.05) is 23.8 Å². The third kappa shape index (κ3) is 4.34. The molecular weight excluding hydrogens is 358 g/mol. The Kier molecular flexibility index (Phi) is 5.33. The molecule has 0 N–H and O–H groups in total. The van der Waals surface area contributed by atoms with Gasteiger partial charge in [0.25, 0.3) is 5.91 Å². The number of carbonyl (C=O) groups excluding carboxylic acids is 1. The Morgan fingerprint density at radius 2 is 1.78 bits per heavy atom. The van der Waals surface area contributed by atoms with Crippen LogP contribution in [-0.4, -0.2) is 33.7 Å². The first-order chi connectivity index (χ1) is 11.2. The van der Waals surface area contributed by atoms with E-state index in [0.717, 1.165) is 36.2 Å². The van der Waals surface area contributed by atoms with Gasteiger partial charge in [-0.25, -0.2) is 4.68 Å². The zero-order chi connectivity index (χ0) is 16.1. The van der Waals surface area contributed by atoms with Gasteiger partial charge < -0.3 is 9.64 Å². The molecule has 23 heavy (non-hydrogen) atoms. The average molecular weight is 378 g/mol. The van der Waals surface area contributed by atoms with Crippen molar-refractivity contribution in [3.05, 3.63) is 46.7 Å². The van der Waals surface area contributed by atoms with Gasteiger partial charge in [-0.05, 0) is 43.2 Å². The molecule has 0 unspecified atom stereocenters. The number of aromatic nitrogens is 2. The van der Waals surface area contributed by atoms with Crippen LogP contribution in [0.4, 0.5) is 0 Å². The molecule has 1 saturated heterocycles. The molecule has 5 nitrogen and oxygen atoms in total. The Hall–Kier alpha value is -1.82. The molecule has 122 valence electrons. The van der Waals surface area contributed by atoms with Crippen LogP contribution in [0, 0.1) is 0 Å². The van der Waals surface area contributed by atoms with E-state index < -0.39 is 0 Å². The van der Waals surface area contributed by atoms with Crippen molar-refractivity contribution in [2.24, 2.45) is 0 Å². The normalized spacial score (nSPS) is 15.3. The van der Waals surface area contributed by atoms with Crippen molar-refractivity contribution in [1.29, 1.82) is 0 Å². The van der Waals surface area contributed by atoms with Crippen LogP contribution >= 0.6 is 15.9 Å². The van der Waals surface area contributed by atoms with E-state index in [1.165, 1.54) is 12.8 Å². The maximum atomic E-state index is 12.5. The third-order valence-electron chi connectivity index (χ3n) is 3.93. The molecule has 1 aliphatic rings. The zero-order valence-corrected chi connectivity index (χ0v) is 14.5. The van der Waals surface area contributed by atoms with Gasteiger partial charge in [-0.2, -0.15) is 5.10 Å². The molecule has 0 bridgehead atoms. The van der Waals surface area contributed by atoms with E-state index in [9.17, 15) is 4.79 Å². The minimum absolute atomic E-state index is 0.0225. The van der Waals surface area contributed by atoms with Gasteiger partial charge in [0.1, 0.15) is 5.75 Å². The Labute approximate surface area is 144 Å². The predicted octanol–water partition coefficient (Wildman–Crippen LogP) is 3.70. The highest BCUT2D eigenvalue weighted by molar-refractivity contribution is 9.10. The van der Waals surface area contributed by atoms with E-state index in [1.807, 2.05) is 29.2 Å². The Balaban J connectivity index is 1.58. The lowest BCUT2D eigenvalue weighted by Crippen LogP contribution is -2.32. The van der Waals surface area contributed by atoms with Gasteiger partial charge >= 0.3 is 0 Å². The monoisotopic (exact) mass is 377 g/mol. The molecule has 6 heteroatoms. The van der Waals surface area contributed by atoms with Crippen LogP contribution in [-0.2, 0) is 6.73 Å². The Bertz CT molecular complexity index is 646. The highest BCUT2D eigenvalue weighted by Gasteiger charge is 2.19. The molecule has 0 aliphatic carbocycles. The zero-order valence-electron chi connectivity index (χ0n) is 12.9. The number of rotatable bonds is 4. The number of amides is 1. The predicted molar refractivity (Wildman–Crippen MR) is 91.4 cm³/mol. The molecule has 1 aromatic heterocycles. The standard InChI is InChI=1S/C17H20BrN3O2/c18-14-5-7-15(8-6-14)23-13-21-12-9-16(19-21)17(22)20-10-3-1-2-4-11-20/h5-9,12H,1-4,10-11,13H2. The van der Waals surface area contributed by atoms with Crippen LogP contribution in [0.15, 0.2) is 41.0 Å². The van der Waals surface area contributed by atoms with Gasteiger partial charge in [0.05, 0.1) is 0 Å². The van der Waals surface area contributed by atoms with E-state index in [4.69, 9.17) is 4.74 Å². The van der Waals surface area contributed by atoms with Crippen LogP contribution in [0.1, 0.15) is 36.2 Å². The van der Waals surface area contributed by atoms with Crippen molar-refractivity contribution in [2.45, 2.75) is 32.4 Å². The number of likely N-dealkylation sites (tertiary alicyclic amines) is 1. The first-order valence-corrected chi connectivity index (χ1v) is 8.73. The summed E-state index contributed by atoms with van der Waals surface area (Å²) in [5.41, 5.74) is 0.492. The highest BCUT2D eigenvalue weighted by atomic mass is 79.9. The summed E-state index contributed by atoms with van der Waals surface area (Å²) in [5, 5.41) is 4.34. The van der Waals surface area contributed by atoms with Crippen molar-refractivity contribution in [1.82, 2.24) is 14.7 Å². The molecule has 0 atom stereocenters. The molecule has 0 radical (unpaired) electrons. The van der Waals surface area contributed by atoms with E-state index in [0.29, 0.717) is 5.69 Å². The number of hydrogen-bond acceptors (Lipinski definition) is 3. The molecule has 1 aliphatic heterocycles. The number of carbonyl (C=O) groups is 1. The summed E-state index contributed by atoms with van der Waals surface area (Å²) in [5.74, 6) is 0.790. The lowest BCUT2D eigenvalue weighted by atomic mass is 10.2. The van der Waals surface area contributed by atoms with Crippen LogP contribution in [0.3, 0.4) is 0 Å².